The van der Waals surface area contributed by atoms with Gasteiger partial charge in [0.25, 0.3) is 9.84 Å². The van der Waals surface area contributed by atoms with Crippen LogP contribution in [0.3, 0.4) is 0 Å². The highest BCUT2D eigenvalue weighted by molar-refractivity contribution is 7.92. The lowest BCUT2D eigenvalue weighted by atomic mass is 10.1. The summed E-state index contributed by atoms with van der Waals surface area (Å²) in [6.07, 6.45) is -0.990. The molecule has 0 saturated heterocycles. The summed E-state index contributed by atoms with van der Waals surface area (Å²) in [4.78, 5) is 20.7. The van der Waals surface area contributed by atoms with Crippen LogP contribution in [0.1, 0.15) is 34.3 Å². The van der Waals surface area contributed by atoms with Gasteiger partial charge in [0.1, 0.15) is 15.8 Å². The second kappa shape index (κ2) is 9.35. The minimum Gasteiger partial charge on any atom is -0.389 e. The lowest BCUT2D eigenvalue weighted by Crippen LogP contribution is -2.23. The summed E-state index contributed by atoms with van der Waals surface area (Å²) in [5.74, 6) is -0.256. The van der Waals surface area contributed by atoms with Crippen LogP contribution < -0.4 is 0 Å². The molecule has 0 saturated carbocycles. The number of hydrogen-bond donors (Lipinski definition) is 2. The Bertz CT molecular complexity index is 1220. The van der Waals surface area contributed by atoms with Crippen molar-refractivity contribution in [3.63, 3.8) is 0 Å². The number of carbonyl (C=O) groups excluding carboxylic acids is 1. The van der Waals surface area contributed by atoms with E-state index in [0.29, 0.717) is 31.8 Å². The van der Waals surface area contributed by atoms with Gasteiger partial charge in [0.05, 0.1) is 40.3 Å². The molecule has 1 atom stereocenters. The van der Waals surface area contributed by atoms with Crippen LogP contribution in [-0.4, -0.2) is 39.9 Å². The van der Waals surface area contributed by atoms with E-state index in [9.17, 15) is 36.6 Å². The summed E-state index contributed by atoms with van der Waals surface area (Å²) >= 11 is 2.42. The van der Waals surface area contributed by atoms with Crippen LogP contribution in [0, 0.1) is 0 Å². The van der Waals surface area contributed by atoms with Crippen molar-refractivity contribution in [2.75, 3.05) is 0 Å². The zero-order valence-corrected chi connectivity index (χ0v) is 18.9. The Labute approximate surface area is 189 Å². The van der Waals surface area contributed by atoms with Crippen molar-refractivity contribution in [3.05, 3.63) is 50.9 Å². The van der Waals surface area contributed by atoms with E-state index in [0.717, 1.165) is 12.1 Å². The second-order valence-electron chi connectivity index (χ2n) is 6.77. The number of Topliss-reactive ketones (excluding diaryl/α,β-unsaturated/α-hetero) is 1. The van der Waals surface area contributed by atoms with E-state index in [1.54, 1.807) is 12.3 Å². The number of rotatable bonds is 8. The number of aliphatic hydroxyl groups excluding tert-OH is 2. The lowest BCUT2D eigenvalue weighted by molar-refractivity contribution is -0.117. The van der Waals surface area contributed by atoms with Gasteiger partial charge in [-0.2, -0.15) is 13.2 Å². The molecule has 1 aromatic carbocycles. The summed E-state index contributed by atoms with van der Waals surface area (Å²) < 4.78 is 60.6. The number of nitrogens with zero attached hydrogens (tertiary/aromatic N) is 2. The Morgan fingerprint density at radius 3 is 2.34 bits per heavy atom. The van der Waals surface area contributed by atoms with E-state index in [2.05, 4.69) is 9.97 Å². The highest BCUT2D eigenvalue weighted by atomic mass is 32.2. The summed E-state index contributed by atoms with van der Waals surface area (Å²) in [7, 11) is -5.43. The maximum absolute atomic E-state index is 12.6. The molecular formula is C19H17F3N2O5S3. The number of alkyl halides is 3. The quantitative estimate of drug-likeness (QED) is 0.480. The zero-order chi connectivity index (χ0) is 23.7. The first kappa shape index (κ1) is 24.5. The summed E-state index contributed by atoms with van der Waals surface area (Å²) in [5, 5.41) is 21.8. The van der Waals surface area contributed by atoms with Gasteiger partial charge in [0.15, 0.2) is 0 Å². The van der Waals surface area contributed by atoms with Crippen molar-refractivity contribution >= 4 is 38.3 Å². The fourth-order valence-electron chi connectivity index (χ4n) is 2.79. The first-order valence-corrected chi connectivity index (χ1v) is 12.3. The fourth-order valence-corrected chi connectivity index (χ4v) is 5.41. The Balaban J connectivity index is 1.70. The number of ketones is 1. The van der Waals surface area contributed by atoms with Crippen molar-refractivity contribution in [2.45, 2.75) is 42.9 Å². The van der Waals surface area contributed by atoms with Gasteiger partial charge >= 0.3 is 5.51 Å². The molecule has 0 aliphatic carbocycles. The van der Waals surface area contributed by atoms with E-state index in [1.165, 1.54) is 34.8 Å². The van der Waals surface area contributed by atoms with E-state index < -0.39 is 26.3 Å². The van der Waals surface area contributed by atoms with E-state index in [-0.39, 0.29) is 25.2 Å². The normalized spacial score (nSPS) is 13.3. The molecule has 0 bridgehead atoms. The van der Waals surface area contributed by atoms with Gasteiger partial charge in [0, 0.05) is 11.8 Å². The van der Waals surface area contributed by atoms with Gasteiger partial charge in [-0.1, -0.05) is 12.1 Å². The standard InChI is InChI=1S/C19H17F3N2O5S3/c1-10(26)17-18(31-16(8-25)24-17)14-9-30-15(23-14)7-12(27)6-11-2-4-13(5-3-11)32(28,29)19(20,21)22/h2-5,9-10,25-26H,6-8H2,1H3. The summed E-state index contributed by atoms with van der Waals surface area (Å²) in [6.45, 7) is 1.27. The minimum atomic E-state index is -5.43. The Kier molecular flexibility index (Phi) is 7.15. The minimum absolute atomic E-state index is 0.0249. The molecule has 0 radical (unpaired) electrons. The largest absolute Gasteiger partial charge is 0.501 e. The number of benzene rings is 1. The molecule has 7 nitrogen and oxygen atoms in total. The van der Waals surface area contributed by atoms with Crippen LogP contribution in [0.4, 0.5) is 13.2 Å². The van der Waals surface area contributed by atoms with Crippen molar-refractivity contribution in [1.29, 1.82) is 0 Å². The topological polar surface area (TPSA) is 117 Å². The molecule has 0 aliphatic rings. The van der Waals surface area contributed by atoms with E-state index >= 15 is 0 Å². The first-order valence-electron chi connectivity index (χ1n) is 9.07. The fraction of sp³-hybridized carbons (Fsp3) is 0.316. The zero-order valence-electron chi connectivity index (χ0n) is 16.5. The maximum atomic E-state index is 12.6. The molecule has 0 spiro atoms. The Hall–Kier alpha value is -2.19. The molecule has 2 N–H and O–H groups in total. The predicted octanol–water partition coefficient (Wildman–Crippen LogP) is 3.46. The van der Waals surface area contributed by atoms with Gasteiger partial charge in [-0.05, 0) is 24.6 Å². The maximum Gasteiger partial charge on any atom is 0.501 e. The molecule has 2 aromatic heterocycles. The van der Waals surface area contributed by atoms with Gasteiger partial charge < -0.3 is 10.2 Å². The van der Waals surface area contributed by atoms with Crippen molar-refractivity contribution in [2.24, 2.45) is 0 Å². The number of aromatic nitrogens is 2. The van der Waals surface area contributed by atoms with Crippen LogP contribution in [0.15, 0.2) is 34.5 Å². The van der Waals surface area contributed by atoms with Gasteiger partial charge in [-0.3, -0.25) is 4.79 Å². The smallest absolute Gasteiger partial charge is 0.389 e. The van der Waals surface area contributed by atoms with Gasteiger partial charge in [0.2, 0.25) is 0 Å². The molecule has 3 rings (SSSR count). The third-order valence-corrected chi connectivity index (χ3v) is 7.73. The highest BCUT2D eigenvalue weighted by Crippen LogP contribution is 2.35. The average molecular weight is 507 g/mol. The molecular weight excluding hydrogens is 489 g/mol. The molecule has 172 valence electrons. The average Bonchev–Trinajstić information content (AvgIpc) is 3.34. The molecule has 13 heteroatoms. The molecule has 0 aliphatic heterocycles. The summed E-state index contributed by atoms with van der Waals surface area (Å²) in [6, 6.07) is 4.00. The number of aliphatic hydroxyl groups is 2. The lowest BCUT2D eigenvalue weighted by Gasteiger charge is -2.08. The molecule has 0 amide bonds. The number of thiazole rings is 2. The highest BCUT2D eigenvalue weighted by Gasteiger charge is 2.46. The monoisotopic (exact) mass is 506 g/mol. The van der Waals surface area contributed by atoms with Crippen molar-refractivity contribution < 1.29 is 36.6 Å². The van der Waals surface area contributed by atoms with Crippen LogP contribution in [-0.2, 0) is 34.1 Å². The number of carbonyl (C=O) groups is 1. The number of sulfone groups is 1. The third kappa shape index (κ3) is 5.23. The molecule has 1 unspecified atom stereocenters. The number of halogens is 3. The molecule has 3 aromatic rings. The van der Waals surface area contributed by atoms with Crippen LogP contribution in [0.2, 0.25) is 0 Å². The Morgan fingerprint density at radius 2 is 1.78 bits per heavy atom. The Morgan fingerprint density at radius 1 is 1.12 bits per heavy atom. The van der Waals surface area contributed by atoms with Crippen LogP contribution in [0.5, 0.6) is 0 Å². The van der Waals surface area contributed by atoms with Gasteiger partial charge in [-0.25, -0.2) is 18.4 Å². The van der Waals surface area contributed by atoms with E-state index in [1.807, 2.05) is 0 Å². The predicted molar refractivity (Wildman–Crippen MR) is 112 cm³/mol. The third-order valence-electron chi connectivity index (χ3n) is 4.30. The van der Waals surface area contributed by atoms with Crippen molar-refractivity contribution in [3.8, 4) is 10.6 Å². The molecule has 0 fully saturated rings. The van der Waals surface area contributed by atoms with Crippen LogP contribution in [0.25, 0.3) is 10.6 Å². The summed E-state index contributed by atoms with van der Waals surface area (Å²) in [5.41, 5.74) is -4.11. The second-order valence-corrected chi connectivity index (χ2v) is 10.7. The number of hydrogen-bond acceptors (Lipinski definition) is 9. The van der Waals surface area contributed by atoms with Gasteiger partial charge in [-0.15, -0.1) is 22.7 Å². The first-order chi connectivity index (χ1) is 14.9. The van der Waals surface area contributed by atoms with E-state index in [4.69, 9.17) is 0 Å². The molecule has 32 heavy (non-hydrogen) atoms. The molecule has 2 heterocycles. The van der Waals surface area contributed by atoms with Crippen LogP contribution >= 0.6 is 22.7 Å². The van der Waals surface area contributed by atoms with Crippen molar-refractivity contribution in [1.82, 2.24) is 9.97 Å². The SMILES string of the molecule is CC(O)c1nc(CO)sc1-c1csc(CC(=O)Cc2ccc(S(=O)(=O)C(F)(F)F)cc2)n1.